The number of nitrogens with one attached hydrogen (secondary N) is 1. The number of anilines is 1. The average molecular weight is 322 g/mol. The summed E-state index contributed by atoms with van der Waals surface area (Å²) in [5, 5.41) is 2.98. The van der Waals surface area contributed by atoms with E-state index in [9.17, 15) is 9.59 Å². The predicted molar refractivity (Wildman–Crippen MR) is 94.5 cm³/mol. The average Bonchev–Trinajstić information content (AvgIpc) is 2.93. The fourth-order valence-corrected chi connectivity index (χ4v) is 3.01. The Balaban J connectivity index is 1.64. The van der Waals surface area contributed by atoms with E-state index in [2.05, 4.69) is 5.32 Å². The zero-order valence-electron chi connectivity index (χ0n) is 14.1. The summed E-state index contributed by atoms with van der Waals surface area (Å²) in [6.07, 6.45) is 0.281. The first-order valence-corrected chi connectivity index (χ1v) is 8.23. The van der Waals surface area contributed by atoms with Gasteiger partial charge >= 0.3 is 0 Å². The molecule has 2 aromatic rings. The Kier molecular flexibility index (Phi) is 4.65. The van der Waals surface area contributed by atoms with Gasteiger partial charge in [0.25, 0.3) is 0 Å². The molecule has 1 fully saturated rings. The SMILES string of the molecule is Cc1ccc(C)c(NC(=O)[C@@H]2CC(=O)N(Cc3ccccc3)C2)c1. The van der Waals surface area contributed by atoms with Gasteiger partial charge in [0.1, 0.15) is 0 Å². The van der Waals surface area contributed by atoms with E-state index in [0.29, 0.717) is 13.1 Å². The molecule has 4 heteroatoms. The summed E-state index contributed by atoms with van der Waals surface area (Å²) in [7, 11) is 0. The molecule has 2 aromatic carbocycles. The molecule has 1 heterocycles. The van der Waals surface area contributed by atoms with Crippen molar-refractivity contribution < 1.29 is 9.59 Å². The van der Waals surface area contributed by atoms with Crippen molar-refractivity contribution in [3.8, 4) is 0 Å². The highest BCUT2D eigenvalue weighted by molar-refractivity contribution is 5.97. The number of benzene rings is 2. The maximum absolute atomic E-state index is 12.5. The number of carbonyl (C=O) groups excluding carboxylic acids is 2. The number of hydrogen-bond donors (Lipinski definition) is 1. The van der Waals surface area contributed by atoms with Crippen LogP contribution < -0.4 is 5.32 Å². The third-order valence-electron chi connectivity index (χ3n) is 4.45. The Hall–Kier alpha value is -2.62. The van der Waals surface area contributed by atoms with Gasteiger partial charge < -0.3 is 10.2 Å². The third-order valence-corrected chi connectivity index (χ3v) is 4.45. The monoisotopic (exact) mass is 322 g/mol. The topological polar surface area (TPSA) is 49.4 Å². The summed E-state index contributed by atoms with van der Waals surface area (Å²) in [4.78, 5) is 26.5. The maximum Gasteiger partial charge on any atom is 0.229 e. The number of rotatable bonds is 4. The molecule has 2 amide bonds. The number of aryl methyl sites for hydroxylation is 2. The van der Waals surface area contributed by atoms with Gasteiger partial charge in [0.2, 0.25) is 11.8 Å². The predicted octanol–water partition coefficient (Wildman–Crippen LogP) is 3.29. The molecule has 1 saturated heterocycles. The van der Waals surface area contributed by atoms with Gasteiger partial charge in [0.05, 0.1) is 5.92 Å². The van der Waals surface area contributed by atoms with Gasteiger partial charge in [0, 0.05) is 25.2 Å². The zero-order chi connectivity index (χ0) is 17.1. The molecule has 0 radical (unpaired) electrons. The highest BCUT2D eigenvalue weighted by Gasteiger charge is 2.34. The Morgan fingerprint density at radius 1 is 1.17 bits per heavy atom. The van der Waals surface area contributed by atoms with Crippen molar-refractivity contribution in [2.75, 3.05) is 11.9 Å². The molecule has 0 bridgehead atoms. The van der Waals surface area contributed by atoms with Gasteiger partial charge in [0.15, 0.2) is 0 Å². The Labute approximate surface area is 142 Å². The molecule has 0 aromatic heterocycles. The second-order valence-corrected chi connectivity index (χ2v) is 6.47. The van der Waals surface area contributed by atoms with Crippen LogP contribution in [0.15, 0.2) is 48.5 Å². The van der Waals surface area contributed by atoms with Crippen LogP contribution >= 0.6 is 0 Å². The summed E-state index contributed by atoms with van der Waals surface area (Å²) >= 11 is 0. The lowest BCUT2D eigenvalue weighted by Gasteiger charge is -2.17. The Morgan fingerprint density at radius 3 is 2.67 bits per heavy atom. The van der Waals surface area contributed by atoms with Crippen LogP contribution in [-0.4, -0.2) is 23.3 Å². The molecule has 0 aliphatic carbocycles. The molecule has 0 unspecified atom stereocenters. The van der Waals surface area contributed by atoms with Crippen molar-refractivity contribution in [2.45, 2.75) is 26.8 Å². The van der Waals surface area contributed by atoms with Gasteiger partial charge in [-0.3, -0.25) is 9.59 Å². The third kappa shape index (κ3) is 3.65. The second kappa shape index (κ2) is 6.87. The number of carbonyl (C=O) groups is 2. The molecule has 4 nitrogen and oxygen atoms in total. The first-order valence-electron chi connectivity index (χ1n) is 8.23. The van der Waals surface area contributed by atoms with Crippen LogP contribution in [0.2, 0.25) is 0 Å². The molecule has 0 saturated carbocycles. The minimum atomic E-state index is -0.291. The van der Waals surface area contributed by atoms with E-state index in [1.807, 2.05) is 62.4 Å². The van der Waals surface area contributed by atoms with E-state index in [1.165, 1.54) is 0 Å². The number of nitrogens with zero attached hydrogens (tertiary/aromatic N) is 1. The number of hydrogen-bond acceptors (Lipinski definition) is 2. The largest absolute Gasteiger partial charge is 0.338 e. The Morgan fingerprint density at radius 2 is 1.92 bits per heavy atom. The number of likely N-dealkylation sites (tertiary alicyclic amines) is 1. The lowest BCUT2D eigenvalue weighted by atomic mass is 10.1. The molecule has 3 rings (SSSR count). The quantitative estimate of drug-likeness (QED) is 0.939. The molecular formula is C20H22N2O2. The number of amides is 2. The van der Waals surface area contributed by atoms with E-state index < -0.39 is 0 Å². The van der Waals surface area contributed by atoms with Crippen LogP contribution in [0.1, 0.15) is 23.1 Å². The molecule has 24 heavy (non-hydrogen) atoms. The first kappa shape index (κ1) is 16.2. The van der Waals surface area contributed by atoms with Gasteiger partial charge in [-0.15, -0.1) is 0 Å². The minimum Gasteiger partial charge on any atom is -0.338 e. The summed E-state index contributed by atoms with van der Waals surface area (Å²) in [6, 6.07) is 15.8. The van der Waals surface area contributed by atoms with E-state index >= 15 is 0 Å². The van der Waals surface area contributed by atoms with Gasteiger partial charge in [-0.05, 0) is 36.6 Å². The maximum atomic E-state index is 12.5. The van der Waals surface area contributed by atoms with Crippen LogP contribution in [0.3, 0.4) is 0 Å². The first-order chi connectivity index (χ1) is 11.5. The lowest BCUT2D eigenvalue weighted by Crippen LogP contribution is -2.28. The molecular weight excluding hydrogens is 300 g/mol. The molecule has 0 spiro atoms. The van der Waals surface area contributed by atoms with Crippen LogP contribution in [0.25, 0.3) is 0 Å². The van der Waals surface area contributed by atoms with Crippen LogP contribution in [0.4, 0.5) is 5.69 Å². The van der Waals surface area contributed by atoms with E-state index in [4.69, 9.17) is 0 Å². The van der Waals surface area contributed by atoms with Crippen LogP contribution in [0, 0.1) is 19.8 Å². The molecule has 124 valence electrons. The van der Waals surface area contributed by atoms with E-state index in [-0.39, 0.29) is 24.2 Å². The van der Waals surface area contributed by atoms with Gasteiger partial charge in [-0.2, -0.15) is 0 Å². The fraction of sp³-hybridized carbons (Fsp3) is 0.300. The van der Waals surface area contributed by atoms with Crippen molar-refractivity contribution in [3.63, 3.8) is 0 Å². The van der Waals surface area contributed by atoms with Crippen molar-refractivity contribution in [1.29, 1.82) is 0 Å². The van der Waals surface area contributed by atoms with Crippen LogP contribution in [0.5, 0.6) is 0 Å². The highest BCUT2D eigenvalue weighted by Crippen LogP contribution is 2.23. The summed E-state index contributed by atoms with van der Waals surface area (Å²) in [6.45, 7) is 5.00. The summed E-state index contributed by atoms with van der Waals surface area (Å²) in [5.74, 6) is -0.325. The van der Waals surface area contributed by atoms with Gasteiger partial charge in [-0.1, -0.05) is 42.5 Å². The molecule has 1 atom stereocenters. The lowest BCUT2D eigenvalue weighted by molar-refractivity contribution is -0.128. The zero-order valence-corrected chi connectivity index (χ0v) is 14.1. The summed E-state index contributed by atoms with van der Waals surface area (Å²) in [5.41, 5.74) is 4.04. The molecule has 1 aliphatic rings. The summed E-state index contributed by atoms with van der Waals surface area (Å²) < 4.78 is 0. The highest BCUT2D eigenvalue weighted by atomic mass is 16.2. The van der Waals surface area contributed by atoms with Crippen molar-refractivity contribution in [3.05, 3.63) is 65.2 Å². The van der Waals surface area contributed by atoms with Crippen molar-refractivity contribution >= 4 is 17.5 Å². The van der Waals surface area contributed by atoms with Crippen molar-refractivity contribution in [1.82, 2.24) is 4.90 Å². The standard InChI is InChI=1S/C20H22N2O2/c1-14-8-9-15(2)18(10-14)21-20(24)17-11-19(23)22(13-17)12-16-6-4-3-5-7-16/h3-10,17H,11-13H2,1-2H3,(H,21,24)/t17-/m1/s1. The van der Waals surface area contributed by atoms with E-state index in [1.54, 1.807) is 4.90 Å². The Bertz CT molecular complexity index is 755. The van der Waals surface area contributed by atoms with Crippen LogP contribution in [-0.2, 0) is 16.1 Å². The fourth-order valence-electron chi connectivity index (χ4n) is 3.01. The minimum absolute atomic E-state index is 0.0416. The van der Waals surface area contributed by atoms with Crippen molar-refractivity contribution in [2.24, 2.45) is 5.92 Å². The molecule has 1 aliphatic heterocycles. The molecule has 1 N–H and O–H groups in total. The normalized spacial score (nSPS) is 17.2. The second-order valence-electron chi connectivity index (χ2n) is 6.47. The van der Waals surface area contributed by atoms with E-state index in [0.717, 1.165) is 22.4 Å². The van der Waals surface area contributed by atoms with Gasteiger partial charge in [-0.25, -0.2) is 0 Å². The smallest absolute Gasteiger partial charge is 0.229 e.